The number of carbonyl (C=O) groups excluding carboxylic acids is 3. The van der Waals surface area contributed by atoms with E-state index in [1.807, 2.05) is 60.7 Å². The molecule has 5 rings (SSSR count). The molecule has 2 atom stereocenters. The second-order valence-electron chi connectivity index (χ2n) is 10.0. The highest BCUT2D eigenvalue weighted by Crippen LogP contribution is 2.30. The monoisotopic (exact) mass is 559 g/mol. The lowest BCUT2D eigenvalue weighted by molar-refractivity contribution is -0.193. The third kappa shape index (κ3) is 6.36. The first kappa shape index (κ1) is 27.8. The number of benzene rings is 3. The molecule has 0 spiro atoms. The number of carboxylic acids is 1. The van der Waals surface area contributed by atoms with Gasteiger partial charge < -0.3 is 20.2 Å². The molecule has 3 aromatic rings. The standard InChI is InChI=1S/C30H30FN5O5/c31-24-13-7-12-23(14-24)17-33-19-26-35(25(29(33)40)15-28(38)39)27(37)20-34(18-22-10-5-2-6-11-22)36(26)30(41)32-16-21-8-3-1-4-9-21/h1-14,25-26H,15-20H2,(H,32,41)(H,38,39)/t25-,26-/m0/s1. The first-order valence-corrected chi connectivity index (χ1v) is 13.3. The van der Waals surface area contributed by atoms with E-state index in [2.05, 4.69) is 5.32 Å². The highest BCUT2D eigenvalue weighted by atomic mass is 19.1. The number of amides is 4. The molecule has 0 unspecified atom stereocenters. The van der Waals surface area contributed by atoms with E-state index in [0.717, 1.165) is 11.1 Å². The molecule has 2 saturated heterocycles. The number of aliphatic carboxylic acids is 1. The second-order valence-corrected chi connectivity index (χ2v) is 10.0. The quantitative estimate of drug-likeness (QED) is 0.439. The van der Waals surface area contributed by atoms with Crippen molar-refractivity contribution in [1.29, 1.82) is 0 Å². The Morgan fingerprint density at radius 2 is 1.54 bits per heavy atom. The Balaban J connectivity index is 1.50. The van der Waals surface area contributed by atoms with Crippen molar-refractivity contribution in [2.45, 2.75) is 38.3 Å². The maximum absolute atomic E-state index is 13.9. The summed E-state index contributed by atoms with van der Waals surface area (Å²) in [4.78, 5) is 55.3. The predicted octanol–water partition coefficient (Wildman–Crippen LogP) is 2.81. The highest BCUT2D eigenvalue weighted by molar-refractivity contribution is 5.93. The molecule has 0 saturated carbocycles. The maximum atomic E-state index is 13.9. The number of halogens is 1. The minimum Gasteiger partial charge on any atom is -0.481 e. The summed E-state index contributed by atoms with van der Waals surface area (Å²) in [5.41, 5.74) is 2.24. The molecule has 2 aliphatic heterocycles. The largest absolute Gasteiger partial charge is 0.481 e. The summed E-state index contributed by atoms with van der Waals surface area (Å²) in [5.74, 6) is -2.75. The number of carboxylic acid groups (broad SMARTS) is 1. The fraction of sp³-hybridized carbons (Fsp3) is 0.267. The van der Waals surface area contributed by atoms with E-state index in [1.54, 1.807) is 11.1 Å². The maximum Gasteiger partial charge on any atom is 0.334 e. The molecule has 0 bridgehead atoms. The average molecular weight is 560 g/mol. The van der Waals surface area contributed by atoms with Crippen molar-refractivity contribution in [2.75, 3.05) is 13.1 Å². The molecule has 4 amide bonds. The Labute approximate surface area is 236 Å². The third-order valence-corrected chi connectivity index (χ3v) is 7.16. The SMILES string of the molecule is O=C(O)C[C@H]1C(=O)N(Cc2cccc(F)c2)C[C@H]2N1C(=O)CN(Cc1ccccc1)N2C(=O)NCc1ccccc1. The number of nitrogens with zero attached hydrogens (tertiary/aromatic N) is 4. The second kappa shape index (κ2) is 12.2. The van der Waals surface area contributed by atoms with Gasteiger partial charge in [-0.05, 0) is 28.8 Å². The Morgan fingerprint density at radius 3 is 2.20 bits per heavy atom. The minimum atomic E-state index is -1.32. The van der Waals surface area contributed by atoms with Crippen LogP contribution in [0.25, 0.3) is 0 Å². The Morgan fingerprint density at radius 1 is 0.878 bits per heavy atom. The first-order valence-electron chi connectivity index (χ1n) is 13.3. The third-order valence-electron chi connectivity index (χ3n) is 7.16. The van der Waals surface area contributed by atoms with Gasteiger partial charge >= 0.3 is 12.0 Å². The topological polar surface area (TPSA) is 114 Å². The molecule has 0 aliphatic carbocycles. The summed E-state index contributed by atoms with van der Waals surface area (Å²) in [6.07, 6.45) is -1.61. The molecule has 0 aromatic heterocycles. The molecule has 2 fully saturated rings. The summed E-state index contributed by atoms with van der Waals surface area (Å²) < 4.78 is 13.9. The molecule has 41 heavy (non-hydrogen) atoms. The van der Waals surface area contributed by atoms with E-state index in [1.165, 1.54) is 33.0 Å². The summed E-state index contributed by atoms with van der Waals surface area (Å²) in [6.45, 7) is 0.139. The molecule has 3 aromatic carbocycles. The highest BCUT2D eigenvalue weighted by Gasteiger charge is 2.51. The van der Waals surface area contributed by atoms with Crippen molar-refractivity contribution in [3.63, 3.8) is 0 Å². The van der Waals surface area contributed by atoms with Crippen LogP contribution in [0.15, 0.2) is 84.9 Å². The Bertz CT molecular complexity index is 1420. The van der Waals surface area contributed by atoms with Crippen molar-refractivity contribution in [2.24, 2.45) is 0 Å². The van der Waals surface area contributed by atoms with E-state index < -0.39 is 48.3 Å². The van der Waals surface area contributed by atoms with Crippen molar-refractivity contribution < 1.29 is 28.7 Å². The number of fused-ring (bicyclic) bond motifs is 1. The zero-order valence-corrected chi connectivity index (χ0v) is 22.2. The van der Waals surface area contributed by atoms with Gasteiger partial charge in [0.1, 0.15) is 18.0 Å². The molecule has 2 heterocycles. The van der Waals surface area contributed by atoms with Gasteiger partial charge in [0.2, 0.25) is 11.8 Å². The molecule has 0 radical (unpaired) electrons. The minimum absolute atomic E-state index is 0.0105. The number of piperazine rings is 1. The van der Waals surface area contributed by atoms with Gasteiger partial charge in [0.15, 0.2) is 0 Å². The van der Waals surface area contributed by atoms with Crippen molar-refractivity contribution in [3.05, 3.63) is 107 Å². The van der Waals surface area contributed by atoms with Crippen LogP contribution < -0.4 is 5.32 Å². The molecular weight excluding hydrogens is 529 g/mol. The lowest BCUT2D eigenvalue weighted by atomic mass is 10.0. The van der Waals surface area contributed by atoms with Gasteiger partial charge in [-0.2, -0.15) is 0 Å². The fourth-order valence-corrected chi connectivity index (χ4v) is 5.34. The zero-order chi connectivity index (χ0) is 28.9. The molecule has 10 nitrogen and oxygen atoms in total. The molecule has 212 valence electrons. The number of urea groups is 1. The van der Waals surface area contributed by atoms with Crippen LogP contribution in [0, 0.1) is 5.82 Å². The van der Waals surface area contributed by atoms with E-state index in [0.29, 0.717) is 5.56 Å². The molecular formula is C30H30FN5O5. The van der Waals surface area contributed by atoms with Crippen LogP contribution in [0.2, 0.25) is 0 Å². The molecule has 11 heteroatoms. The average Bonchev–Trinajstić information content (AvgIpc) is 2.95. The fourth-order valence-electron chi connectivity index (χ4n) is 5.34. The van der Waals surface area contributed by atoms with Crippen LogP contribution in [0.5, 0.6) is 0 Å². The van der Waals surface area contributed by atoms with Crippen molar-refractivity contribution in [1.82, 2.24) is 25.1 Å². The number of hydrogen-bond acceptors (Lipinski definition) is 5. The lowest BCUT2D eigenvalue weighted by Crippen LogP contribution is -2.76. The Kier molecular flexibility index (Phi) is 8.25. The van der Waals surface area contributed by atoms with Crippen LogP contribution >= 0.6 is 0 Å². The normalized spacial score (nSPS) is 19.2. The predicted molar refractivity (Wildman–Crippen MR) is 146 cm³/mol. The number of rotatable bonds is 8. The van der Waals surface area contributed by atoms with Crippen LogP contribution in [0.4, 0.5) is 9.18 Å². The number of nitrogens with one attached hydrogen (secondary N) is 1. The van der Waals surface area contributed by atoms with Gasteiger partial charge in [-0.3, -0.25) is 14.4 Å². The van der Waals surface area contributed by atoms with Gasteiger partial charge in [-0.15, -0.1) is 0 Å². The van der Waals surface area contributed by atoms with Crippen LogP contribution in [0.3, 0.4) is 0 Å². The molecule has 2 aliphatic rings. The van der Waals surface area contributed by atoms with Crippen LogP contribution in [-0.4, -0.2) is 74.0 Å². The zero-order valence-electron chi connectivity index (χ0n) is 22.2. The number of carbonyl (C=O) groups is 4. The lowest BCUT2D eigenvalue weighted by Gasteiger charge is -2.55. The van der Waals surface area contributed by atoms with Gasteiger partial charge in [0, 0.05) is 19.6 Å². The van der Waals surface area contributed by atoms with Gasteiger partial charge in [-0.25, -0.2) is 19.2 Å². The van der Waals surface area contributed by atoms with Gasteiger partial charge in [0.05, 0.1) is 19.5 Å². The van der Waals surface area contributed by atoms with Gasteiger partial charge in [0.25, 0.3) is 0 Å². The van der Waals surface area contributed by atoms with E-state index >= 15 is 0 Å². The van der Waals surface area contributed by atoms with Crippen molar-refractivity contribution >= 4 is 23.8 Å². The number of hydrogen-bond donors (Lipinski definition) is 2. The Hall–Kier alpha value is -4.77. The first-order chi connectivity index (χ1) is 19.8. The number of hydrazine groups is 1. The van der Waals surface area contributed by atoms with Crippen molar-refractivity contribution in [3.8, 4) is 0 Å². The smallest absolute Gasteiger partial charge is 0.334 e. The summed E-state index contributed by atoms with van der Waals surface area (Å²) in [7, 11) is 0. The molecule has 2 N–H and O–H groups in total. The van der Waals surface area contributed by atoms with E-state index in [4.69, 9.17) is 0 Å². The van der Waals surface area contributed by atoms with E-state index in [-0.39, 0.29) is 32.7 Å². The van der Waals surface area contributed by atoms with Crippen LogP contribution in [0.1, 0.15) is 23.1 Å². The summed E-state index contributed by atoms with van der Waals surface area (Å²) in [6, 6.07) is 22.6. The van der Waals surface area contributed by atoms with E-state index in [9.17, 15) is 28.7 Å². The summed E-state index contributed by atoms with van der Waals surface area (Å²) in [5, 5.41) is 15.6. The van der Waals surface area contributed by atoms with Crippen LogP contribution in [-0.2, 0) is 34.0 Å². The summed E-state index contributed by atoms with van der Waals surface area (Å²) >= 11 is 0. The van der Waals surface area contributed by atoms with Gasteiger partial charge in [-0.1, -0.05) is 72.8 Å².